The minimum Gasteiger partial charge on any atom is -0.508 e. The highest BCUT2D eigenvalue weighted by Crippen LogP contribution is 2.44. The summed E-state index contributed by atoms with van der Waals surface area (Å²) in [6.45, 7) is 5.31. The van der Waals surface area contributed by atoms with Gasteiger partial charge >= 0.3 is 0 Å². The highest BCUT2D eigenvalue weighted by atomic mass is 32.1. The van der Waals surface area contributed by atoms with Crippen molar-refractivity contribution in [3.05, 3.63) is 58.5 Å². The van der Waals surface area contributed by atoms with Crippen LogP contribution >= 0.6 is 11.3 Å². The average Bonchev–Trinajstić information content (AvgIpc) is 3.26. The number of rotatable bonds is 8. The van der Waals surface area contributed by atoms with Crippen molar-refractivity contribution < 1.29 is 19.4 Å². The van der Waals surface area contributed by atoms with E-state index in [-0.39, 0.29) is 11.5 Å². The largest absolute Gasteiger partial charge is 0.508 e. The van der Waals surface area contributed by atoms with Crippen LogP contribution < -0.4 is 4.74 Å². The molecule has 34 heavy (non-hydrogen) atoms. The summed E-state index contributed by atoms with van der Waals surface area (Å²) in [5, 5.41) is 10.9. The fraction of sp³-hybridized carbons (Fsp3) is 0.464. The van der Waals surface area contributed by atoms with Crippen molar-refractivity contribution in [2.24, 2.45) is 0 Å². The van der Waals surface area contributed by atoms with E-state index in [0.29, 0.717) is 18.1 Å². The Hall–Kier alpha value is -2.41. The molecule has 2 aliphatic rings. The van der Waals surface area contributed by atoms with Gasteiger partial charge in [-0.25, -0.2) is 0 Å². The van der Waals surface area contributed by atoms with Gasteiger partial charge in [-0.3, -0.25) is 9.69 Å². The number of benzene rings is 2. The third-order valence-electron chi connectivity index (χ3n) is 7.01. The van der Waals surface area contributed by atoms with E-state index in [2.05, 4.69) is 4.90 Å². The normalized spacial score (nSPS) is 17.8. The fourth-order valence-electron chi connectivity index (χ4n) is 5.14. The zero-order valence-corrected chi connectivity index (χ0v) is 20.4. The van der Waals surface area contributed by atoms with Crippen molar-refractivity contribution in [2.45, 2.75) is 44.4 Å². The minimum absolute atomic E-state index is 0.0661. The third kappa shape index (κ3) is 5.29. The van der Waals surface area contributed by atoms with Gasteiger partial charge in [-0.05, 0) is 67.6 Å². The van der Waals surface area contributed by atoms with Crippen molar-refractivity contribution in [1.29, 1.82) is 0 Å². The second-order valence-corrected chi connectivity index (χ2v) is 10.5. The highest BCUT2D eigenvalue weighted by molar-refractivity contribution is 7.19. The Labute approximate surface area is 205 Å². The Morgan fingerprint density at radius 3 is 2.59 bits per heavy atom. The van der Waals surface area contributed by atoms with Crippen LogP contribution in [0.4, 0.5) is 0 Å². The van der Waals surface area contributed by atoms with E-state index < -0.39 is 0 Å². The molecular weight excluding hydrogens is 446 g/mol. The van der Waals surface area contributed by atoms with Gasteiger partial charge in [0.15, 0.2) is 5.78 Å². The summed E-state index contributed by atoms with van der Waals surface area (Å²) in [6.07, 6.45) is 6.95. The number of nitrogens with zero attached hydrogens (tertiary/aromatic N) is 1. The lowest BCUT2D eigenvalue weighted by atomic mass is 9.85. The molecule has 1 aliphatic heterocycles. The number of aromatic hydroxyl groups is 1. The zero-order chi connectivity index (χ0) is 23.3. The molecule has 2 heterocycles. The van der Waals surface area contributed by atoms with Crippen LogP contribution in [0, 0.1) is 0 Å². The Kier molecular flexibility index (Phi) is 7.48. The van der Waals surface area contributed by atoms with Gasteiger partial charge in [0.2, 0.25) is 0 Å². The number of hydrogen-bond donors (Lipinski definition) is 1. The second kappa shape index (κ2) is 10.9. The summed E-state index contributed by atoms with van der Waals surface area (Å²) in [5.41, 5.74) is 1.51. The van der Waals surface area contributed by atoms with Gasteiger partial charge < -0.3 is 14.6 Å². The van der Waals surface area contributed by atoms with Crippen molar-refractivity contribution in [2.75, 3.05) is 39.5 Å². The number of phenols is 1. The molecule has 0 radical (unpaired) electrons. The van der Waals surface area contributed by atoms with Gasteiger partial charge in [0.1, 0.15) is 11.5 Å². The monoisotopic (exact) mass is 479 g/mol. The van der Waals surface area contributed by atoms with E-state index in [4.69, 9.17) is 9.47 Å². The van der Waals surface area contributed by atoms with Gasteiger partial charge in [-0.1, -0.05) is 19.3 Å². The van der Waals surface area contributed by atoms with Crippen molar-refractivity contribution in [1.82, 2.24) is 4.90 Å². The number of carbonyl (C=O) groups excluding carboxylic acids is 1. The summed E-state index contributed by atoms with van der Waals surface area (Å²) >= 11 is 1.68. The lowest BCUT2D eigenvalue weighted by Crippen LogP contribution is -2.37. The number of phenolic OH excluding ortho intramolecular Hbond substituents is 1. The van der Waals surface area contributed by atoms with Gasteiger partial charge in [-0.2, -0.15) is 0 Å². The van der Waals surface area contributed by atoms with Crippen LogP contribution in [0.2, 0.25) is 0 Å². The lowest BCUT2D eigenvalue weighted by Gasteiger charge is -2.26. The van der Waals surface area contributed by atoms with E-state index in [1.54, 1.807) is 23.5 Å². The zero-order valence-electron chi connectivity index (χ0n) is 19.6. The summed E-state index contributed by atoms with van der Waals surface area (Å²) < 4.78 is 12.3. The molecule has 2 aromatic carbocycles. The predicted octanol–water partition coefficient (Wildman–Crippen LogP) is 5.99. The van der Waals surface area contributed by atoms with Crippen LogP contribution in [0.5, 0.6) is 11.5 Å². The Morgan fingerprint density at radius 1 is 1.06 bits per heavy atom. The number of hydrogen-bond acceptors (Lipinski definition) is 6. The molecule has 0 amide bonds. The standard InChI is InChI=1S/C28H33NO4S/c30-22-9-12-24-25(19-22)34-28(21-5-2-1-3-6-21)26(24)27(31)20-7-10-23(11-8-20)33-16-4-13-29-14-17-32-18-15-29/h7-12,19,21,30H,1-6,13-18H2. The number of fused-ring (bicyclic) bond motifs is 1. The first-order valence-corrected chi connectivity index (χ1v) is 13.3. The molecule has 0 unspecified atom stereocenters. The molecule has 0 spiro atoms. The molecule has 180 valence electrons. The maximum atomic E-state index is 13.7. The molecule has 1 aromatic heterocycles. The topological polar surface area (TPSA) is 59.0 Å². The van der Waals surface area contributed by atoms with Crippen LogP contribution in [0.3, 0.4) is 0 Å². The van der Waals surface area contributed by atoms with Gasteiger partial charge in [-0.15, -0.1) is 11.3 Å². The molecule has 1 saturated heterocycles. The maximum absolute atomic E-state index is 13.7. The summed E-state index contributed by atoms with van der Waals surface area (Å²) in [4.78, 5) is 17.3. The second-order valence-electron chi connectivity index (χ2n) is 9.37. The van der Waals surface area contributed by atoms with Crippen LogP contribution in [-0.2, 0) is 4.74 Å². The molecule has 6 heteroatoms. The third-order valence-corrected chi connectivity index (χ3v) is 8.33. The Bertz CT molecular complexity index is 1110. The van der Waals surface area contributed by atoms with Gasteiger partial charge in [0, 0.05) is 45.7 Å². The molecule has 2 fully saturated rings. The number of thiophene rings is 1. The minimum atomic E-state index is 0.0661. The van der Waals surface area contributed by atoms with Crippen LogP contribution in [0.1, 0.15) is 65.2 Å². The molecule has 1 N–H and O–H groups in total. The molecule has 1 aliphatic carbocycles. The molecule has 1 saturated carbocycles. The number of ether oxygens (including phenoxy) is 2. The van der Waals surface area contributed by atoms with E-state index >= 15 is 0 Å². The van der Waals surface area contributed by atoms with Crippen LogP contribution in [-0.4, -0.2) is 55.2 Å². The molecule has 5 nitrogen and oxygen atoms in total. The SMILES string of the molecule is O=C(c1ccc(OCCCN2CCOCC2)cc1)c1c(C2CCCCC2)sc2cc(O)ccc12. The van der Waals surface area contributed by atoms with E-state index in [1.165, 1.54) is 24.1 Å². The van der Waals surface area contributed by atoms with Gasteiger partial charge in [0.25, 0.3) is 0 Å². The van der Waals surface area contributed by atoms with Crippen LogP contribution in [0.15, 0.2) is 42.5 Å². The summed E-state index contributed by atoms with van der Waals surface area (Å²) in [5.74, 6) is 1.54. The van der Waals surface area contributed by atoms with Crippen molar-refractivity contribution in [3.63, 3.8) is 0 Å². The first-order valence-electron chi connectivity index (χ1n) is 12.5. The average molecular weight is 480 g/mol. The predicted molar refractivity (Wildman–Crippen MR) is 137 cm³/mol. The van der Waals surface area contributed by atoms with Crippen molar-refractivity contribution in [3.8, 4) is 11.5 Å². The first-order chi connectivity index (χ1) is 16.7. The number of morpholine rings is 1. The first kappa shape index (κ1) is 23.3. The summed E-state index contributed by atoms with van der Waals surface area (Å²) in [6, 6.07) is 12.9. The molecule has 0 bridgehead atoms. The van der Waals surface area contributed by atoms with Crippen molar-refractivity contribution >= 4 is 27.2 Å². The smallest absolute Gasteiger partial charge is 0.194 e. The Morgan fingerprint density at radius 2 is 1.82 bits per heavy atom. The highest BCUT2D eigenvalue weighted by Gasteiger charge is 2.27. The van der Waals surface area contributed by atoms with Gasteiger partial charge in [0.05, 0.1) is 19.8 Å². The van der Waals surface area contributed by atoms with Crippen LogP contribution in [0.25, 0.3) is 10.1 Å². The molecular formula is C28H33NO4S. The summed E-state index contributed by atoms with van der Waals surface area (Å²) in [7, 11) is 0. The molecule has 3 aromatic rings. The van der Waals surface area contributed by atoms with E-state index in [9.17, 15) is 9.90 Å². The fourth-order valence-corrected chi connectivity index (χ4v) is 6.54. The van der Waals surface area contributed by atoms with E-state index in [1.807, 2.05) is 30.3 Å². The molecule has 5 rings (SSSR count). The number of ketones is 1. The van der Waals surface area contributed by atoms with E-state index in [0.717, 1.165) is 73.5 Å². The molecule has 0 atom stereocenters. The quantitative estimate of drug-likeness (QED) is 0.318. The lowest BCUT2D eigenvalue weighted by molar-refractivity contribution is 0.0358. The Balaban J connectivity index is 1.29. The number of carbonyl (C=O) groups is 1. The maximum Gasteiger partial charge on any atom is 0.194 e.